The third-order valence-corrected chi connectivity index (χ3v) is 5.02. The van der Waals surface area contributed by atoms with Crippen LogP contribution >= 0.6 is 15.9 Å². The van der Waals surface area contributed by atoms with Crippen molar-refractivity contribution in [1.82, 2.24) is 4.90 Å². The van der Waals surface area contributed by atoms with Gasteiger partial charge in [0.2, 0.25) is 11.8 Å². The number of rotatable bonds is 6. The predicted molar refractivity (Wildman–Crippen MR) is 99.0 cm³/mol. The third-order valence-electron chi connectivity index (χ3n) is 4.35. The Balaban J connectivity index is 1.74. The first-order valence-electron chi connectivity index (χ1n) is 8.33. The molecule has 1 aromatic heterocycles. The molecule has 0 N–H and O–H groups in total. The van der Waals surface area contributed by atoms with Gasteiger partial charge in [-0.2, -0.15) is 5.26 Å². The van der Waals surface area contributed by atoms with Crippen molar-refractivity contribution in [1.29, 1.82) is 5.26 Å². The molecule has 1 aromatic carbocycles. The number of hydrogen-bond donors (Lipinski definition) is 0. The molecule has 0 bridgehead atoms. The van der Waals surface area contributed by atoms with Gasteiger partial charge in [0.05, 0.1) is 36.9 Å². The zero-order chi connectivity index (χ0) is 18.5. The summed E-state index contributed by atoms with van der Waals surface area (Å²) < 4.78 is 6.14. The number of amides is 2. The normalized spacial score (nSPS) is 16.5. The summed E-state index contributed by atoms with van der Waals surface area (Å²) in [6.07, 6.45) is 1.96. The molecular formula is C19H18BrN3O3. The third kappa shape index (κ3) is 3.97. The maximum Gasteiger partial charge on any atom is 0.228 e. The standard InChI is InChI=1S/C19H18BrN3O3/c20-16-6-1-2-7-17(16)23-12-14(11-18(23)24)19(25)22(9-4-8-21)13-15-5-3-10-26-15/h1-3,5-7,10,14H,4,9,11-13H2. The van der Waals surface area contributed by atoms with Crippen LogP contribution in [-0.2, 0) is 16.1 Å². The molecule has 1 saturated heterocycles. The van der Waals surface area contributed by atoms with Crippen LogP contribution in [0.15, 0.2) is 51.6 Å². The van der Waals surface area contributed by atoms with Gasteiger partial charge in [0.1, 0.15) is 5.76 Å². The van der Waals surface area contributed by atoms with Crippen LogP contribution in [0.3, 0.4) is 0 Å². The molecular weight excluding hydrogens is 398 g/mol. The lowest BCUT2D eigenvalue weighted by atomic mass is 10.1. The van der Waals surface area contributed by atoms with Crippen molar-refractivity contribution in [3.05, 3.63) is 52.9 Å². The second-order valence-electron chi connectivity index (χ2n) is 6.10. The Hall–Kier alpha value is -2.59. The number of nitriles is 1. The number of carbonyl (C=O) groups is 2. The van der Waals surface area contributed by atoms with Gasteiger partial charge in [0.25, 0.3) is 0 Å². The van der Waals surface area contributed by atoms with Crippen molar-refractivity contribution in [3.8, 4) is 6.07 Å². The molecule has 3 rings (SSSR count). The number of nitrogens with zero attached hydrogens (tertiary/aromatic N) is 3. The second kappa shape index (κ2) is 8.19. The number of anilines is 1. The van der Waals surface area contributed by atoms with Crippen molar-refractivity contribution in [2.75, 3.05) is 18.0 Å². The van der Waals surface area contributed by atoms with Gasteiger partial charge in [0.15, 0.2) is 0 Å². The zero-order valence-electron chi connectivity index (χ0n) is 14.1. The quantitative estimate of drug-likeness (QED) is 0.724. The van der Waals surface area contributed by atoms with Gasteiger partial charge in [-0.15, -0.1) is 0 Å². The van der Waals surface area contributed by atoms with Gasteiger partial charge in [-0.05, 0) is 40.2 Å². The monoisotopic (exact) mass is 415 g/mol. The van der Waals surface area contributed by atoms with Crippen LogP contribution in [0, 0.1) is 17.2 Å². The SMILES string of the molecule is N#CCCN(Cc1ccco1)C(=O)C1CC(=O)N(c2ccccc2Br)C1. The first kappa shape index (κ1) is 18.2. The molecule has 0 saturated carbocycles. The van der Waals surface area contributed by atoms with Crippen molar-refractivity contribution in [3.63, 3.8) is 0 Å². The summed E-state index contributed by atoms with van der Waals surface area (Å²) in [5.41, 5.74) is 0.766. The van der Waals surface area contributed by atoms with Gasteiger partial charge in [-0.1, -0.05) is 12.1 Å². The smallest absolute Gasteiger partial charge is 0.228 e. The Kier molecular flexibility index (Phi) is 5.74. The topological polar surface area (TPSA) is 77.5 Å². The second-order valence-corrected chi connectivity index (χ2v) is 6.96. The van der Waals surface area contributed by atoms with Gasteiger partial charge in [0, 0.05) is 24.0 Å². The minimum Gasteiger partial charge on any atom is -0.467 e. The van der Waals surface area contributed by atoms with Crippen LogP contribution in [0.4, 0.5) is 5.69 Å². The molecule has 1 atom stereocenters. The van der Waals surface area contributed by atoms with Gasteiger partial charge >= 0.3 is 0 Å². The number of halogens is 1. The molecule has 7 heteroatoms. The summed E-state index contributed by atoms with van der Waals surface area (Å²) in [5.74, 6) is 0.0274. The van der Waals surface area contributed by atoms with E-state index in [2.05, 4.69) is 22.0 Å². The highest BCUT2D eigenvalue weighted by Crippen LogP contribution is 2.32. The largest absolute Gasteiger partial charge is 0.467 e. The van der Waals surface area contributed by atoms with E-state index in [9.17, 15) is 9.59 Å². The Morgan fingerprint density at radius 3 is 2.85 bits per heavy atom. The molecule has 0 spiro atoms. The van der Waals surface area contributed by atoms with Crippen molar-refractivity contribution in [2.45, 2.75) is 19.4 Å². The number of benzene rings is 1. The Morgan fingerprint density at radius 2 is 2.15 bits per heavy atom. The van der Waals surface area contributed by atoms with Crippen LogP contribution in [-0.4, -0.2) is 29.8 Å². The minimum absolute atomic E-state index is 0.0755. The maximum absolute atomic E-state index is 13.0. The Morgan fingerprint density at radius 1 is 1.35 bits per heavy atom. The van der Waals surface area contributed by atoms with Gasteiger partial charge in [-0.25, -0.2) is 0 Å². The van der Waals surface area contributed by atoms with Crippen molar-refractivity contribution < 1.29 is 14.0 Å². The summed E-state index contributed by atoms with van der Waals surface area (Å²) in [7, 11) is 0. The predicted octanol–water partition coefficient (Wildman–Crippen LogP) is 3.34. The molecule has 2 aromatic rings. The molecule has 1 fully saturated rings. The van der Waals surface area contributed by atoms with Crippen LogP contribution in [0.25, 0.3) is 0 Å². The van der Waals surface area contributed by atoms with E-state index in [0.29, 0.717) is 25.4 Å². The average Bonchev–Trinajstić information content (AvgIpc) is 3.28. The van der Waals surface area contributed by atoms with E-state index in [1.54, 1.807) is 28.2 Å². The van der Waals surface area contributed by atoms with E-state index in [1.807, 2.05) is 24.3 Å². The molecule has 0 radical (unpaired) electrons. The fraction of sp³-hybridized carbons (Fsp3) is 0.316. The molecule has 1 unspecified atom stereocenters. The van der Waals surface area contributed by atoms with Crippen molar-refractivity contribution in [2.24, 2.45) is 5.92 Å². The number of para-hydroxylation sites is 1. The first-order chi connectivity index (χ1) is 12.6. The highest BCUT2D eigenvalue weighted by molar-refractivity contribution is 9.10. The summed E-state index contributed by atoms with van der Waals surface area (Å²) in [4.78, 5) is 28.7. The van der Waals surface area contributed by atoms with Gasteiger partial charge < -0.3 is 14.2 Å². The fourth-order valence-corrected chi connectivity index (χ4v) is 3.58. The zero-order valence-corrected chi connectivity index (χ0v) is 15.7. The first-order valence-corrected chi connectivity index (χ1v) is 9.12. The highest BCUT2D eigenvalue weighted by Gasteiger charge is 2.37. The lowest BCUT2D eigenvalue weighted by Crippen LogP contribution is -2.37. The van der Waals surface area contributed by atoms with Crippen LogP contribution in [0.1, 0.15) is 18.6 Å². The molecule has 2 heterocycles. The molecule has 26 heavy (non-hydrogen) atoms. The summed E-state index contributed by atoms with van der Waals surface area (Å²) >= 11 is 3.46. The van der Waals surface area contributed by atoms with Crippen LogP contribution < -0.4 is 4.90 Å². The number of hydrogen-bond acceptors (Lipinski definition) is 4. The summed E-state index contributed by atoms with van der Waals surface area (Å²) in [6, 6.07) is 13.1. The average molecular weight is 416 g/mol. The summed E-state index contributed by atoms with van der Waals surface area (Å²) in [6.45, 7) is 0.949. The van der Waals surface area contributed by atoms with E-state index in [0.717, 1.165) is 10.2 Å². The molecule has 6 nitrogen and oxygen atoms in total. The van der Waals surface area contributed by atoms with Crippen molar-refractivity contribution >= 4 is 33.4 Å². The van der Waals surface area contributed by atoms with E-state index in [1.165, 1.54) is 0 Å². The fourth-order valence-electron chi connectivity index (χ4n) is 3.08. The molecule has 0 aliphatic carbocycles. The minimum atomic E-state index is -0.428. The van der Waals surface area contributed by atoms with E-state index >= 15 is 0 Å². The van der Waals surface area contributed by atoms with Crippen LogP contribution in [0.5, 0.6) is 0 Å². The molecule has 1 aliphatic heterocycles. The maximum atomic E-state index is 13.0. The van der Waals surface area contributed by atoms with E-state index in [-0.39, 0.29) is 24.7 Å². The Bertz CT molecular complexity index is 829. The molecule has 1 aliphatic rings. The van der Waals surface area contributed by atoms with E-state index < -0.39 is 5.92 Å². The van der Waals surface area contributed by atoms with E-state index in [4.69, 9.17) is 9.68 Å². The lowest BCUT2D eigenvalue weighted by molar-refractivity contribution is -0.136. The Labute approximate surface area is 160 Å². The number of carbonyl (C=O) groups excluding carboxylic acids is 2. The van der Waals surface area contributed by atoms with Gasteiger partial charge in [-0.3, -0.25) is 9.59 Å². The molecule has 2 amide bonds. The summed E-state index contributed by atoms with van der Waals surface area (Å²) in [5, 5.41) is 8.87. The van der Waals surface area contributed by atoms with Crippen LogP contribution in [0.2, 0.25) is 0 Å². The lowest BCUT2D eigenvalue weighted by Gasteiger charge is -2.24. The highest BCUT2D eigenvalue weighted by atomic mass is 79.9. The number of furan rings is 1. The molecule has 134 valence electrons.